The Labute approximate surface area is 210 Å². The smallest absolute Gasteiger partial charge is 0.244 e. The molecule has 5 rings (SSSR count). The molecule has 1 spiro atoms. The third-order valence-corrected chi connectivity index (χ3v) is 7.38. The second-order valence-electron chi connectivity index (χ2n) is 9.25. The van der Waals surface area contributed by atoms with Gasteiger partial charge in [0.2, 0.25) is 5.91 Å². The summed E-state index contributed by atoms with van der Waals surface area (Å²) in [6.07, 6.45) is 10.2. The lowest BCUT2D eigenvalue weighted by atomic mass is 9.74. The van der Waals surface area contributed by atoms with E-state index >= 15 is 0 Å². The van der Waals surface area contributed by atoms with Crippen LogP contribution >= 0.6 is 24.8 Å². The van der Waals surface area contributed by atoms with Gasteiger partial charge in [-0.25, -0.2) is 0 Å². The average Bonchev–Trinajstić information content (AvgIpc) is 3.48. The Bertz CT molecular complexity index is 935. The van der Waals surface area contributed by atoms with Crippen molar-refractivity contribution in [2.24, 2.45) is 0 Å². The first kappa shape index (κ1) is 25.8. The molecule has 1 aliphatic carbocycles. The van der Waals surface area contributed by atoms with Crippen LogP contribution in [0.5, 0.6) is 0 Å². The molecule has 1 N–H and O–H groups in total. The first-order chi connectivity index (χ1) is 15.3. The number of anilines is 1. The van der Waals surface area contributed by atoms with E-state index in [4.69, 9.17) is 0 Å². The summed E-state index contributed by atoms with van der Waals surface area (Å²) in [5.41, 5.74) is 4.17. The van der Waals surface area contributed by atoms with Gasteiger partial charge in [-0.3, -0.25) is 4.79 Å². The Hall–Kier alpha value is -1.85. The zero-order valence-electron chi connectivity index (χ0n) is 19.1. The predicted octanol–water partition coefficient (Wildman–Crippen LogP) is 5.07. The molecule has 0 saturated carbocycles. The van der Waals surface area contributed by atoms with E-state index in [1.807, 2.05) is 23.1 Å². The molecule has 0 radical (unpaired) electrons. The molecular formula is C27H35Cl2N3O. The first-order valence-electron chi connectivity index (χ1n) is 11.9. The van der Waals surface area contributed by atoms with Crippen molar-refractivity contribution in [3.63, 3.8) is 0 Å². The molecule has 6 heteroatoms. The van der Waals surface area contributed by atoms with Crippen LogP contribution in [0.25, 0.3) is 6.08 Å². The van der Waals surface area contributed by atoms with E-state index in [-0.39, 0.29) is 42.2 Å². The first-order valence-corrected chi connectivity index (χ1v) is 11.9. The van der Waals surface area contributed by atoms with Crippen molar-refractivity contribution in [2.75, 3.05) is 37.6 Å². The maximum absolute atomic E-state index is 13.2. The van der Waals surface area contributed by atoms with Crippen molar-refractivity contribution in [3.8, 4) is 0 Å². The molecular weight excluding hydrogens is 453 g/mol. The fourth-order valence-electron chi connectivity index (χ4n) is 5.56. The number of fused-ring (bicyclic) bond motifs is 2. The van der Waals surface area contributed by atoms with E-state index in [0.717, 1.165) is 57.7 Å². The molecule has 178 valence electrons. The van der Waals surface area contributed by atoms with Crippen LogP contribution < -0.4 is 10.2 Å². The molecule has 3 aliphatic rings. The molecule has 4 nitrogen and oxygen atoms in total. The van der Waals surface area contributed by atoms with E-state index in [9.17, 15) is 4.79 Å². The molecule has 2 heterocycles. The van der Waals surface area contributed by atoms with Crippen LogP contribution in [0, 0.1) is 0 Å². The van der Waals surface area contributed by atoms with Crippen LogP contribution in [0.2, 0.25) is 0 Å². The van der Waals surface area contributed by atoms with Gasteiger partial charge in [0.1, 0.15) is 0 Å². The Kier molecular flexibility index (Phi) is 9.00. The van der Waals surface area contributed by atoms with Gasteiger partial charge in [-0.05, 0) is 81.5 Å². The van der Waals surface area contributed by atoms with E-state index in [1.165, 1.54) is 24.0 Å². The number of hydrogen-bond acceptors (Lipinski definition) is 3. The summed E-state index contributed by atoms with van der Waals surface area (Å²) in [7, 11) is 0. The van der Waals surface area contributed by atoms with Gasteiger partial charge in [-0.15, -0.1) is 24.8 Å². The summed E-state index contributed by atoms with van der Waals surface area (Å²) in [6, 6.07) is 19.0. The van der Waals surface area contributed by atoms with Crippen molar-refractivity contribution in [1.82, 2.24) is 10.2 Å². The van der Waals surface area contributed by atoms with Crippen LogP contribution in [-0.2, 0) is 10.2 Å². The zero-order valence-corrected chi connectivity index (χ0v) is 20.8. The van der Waals surface area contributed by atoms with Crippen molar-refractivity contribution in [1.29, 1.82) is 0 Å². The number of rotatable bonds is 6. The molecule has 1 amide bonds. The number of halogens is 2. The Morgan fingerprint density at radius 2 is 1.76 bits per heavy atom. The topological polar surface area (TPSA) is 35.6 Å². The average molecular weight is 489 g/mol. The number of nitrogens with one attached hydrogen (secondary N) is 1. The van der Waals surface area contributed by atoms with Gasteiger partial charge < -0.3 is 15.1 Å². The monoisotopic (exact) mass is 487 g/mol. The third-order valence-electron chi connectivity index (χ3n) is 7.38. The lowest BCUT2D eigenvalue weighted by Crippen LogP contribution is -2.45. The number of carbonyl (C=O) groups is 1. The number of allylic oxidation sites excluding steroid dienone is 1. The summed E-state index contributed by atoms with van der Waals surface area (Å²) in [5.74, 6) is 0.231. The minimum absolute atomic E-state index is 0. The van der Waals surface area contributed by atoms with Gasteiger partial charge >= 0.3 is 0 Å². The molecule has 2 fully saturated rings. The summed E-state index contributed by atoms with van der Waals surface area (Å²) in [4.78, 5) is 17.7. The molecule has 2 saturated heterocycles. The Morgan fingerprint density at radius 1 is 1.03 bits per heavy atom. The fourth-order valence-corrected chi connectivity index (χ4v) is 5.56. The number of carbonyl (C=O) groups excluding carboxylic acids is 1. The predicted molar refractivity (Wildman–Crippen MR) is 142 cm³/mol. The van der Waals surface area contributed by atoms with E-state index in [2.05, 4.69) is 58.8 Å². The maximum atomic E-state index is 13.2. The van der Waals surface area contributed by atoms with Gasteiger partial charge in [0.05, 0.1) is 6.04 Å². The summed E-state index contributed by atoms with van der Waals surface area (Å²) in [5, 5.41) is 3.37. The molecule has 2 aromatic carbocycles. The van der Waals surface area contributed by atoms with Crippen LogP contribution in [0.4, 0.5) is 5.69 Å². The number of benzene rings is 2. The van der Waals surface area contributed by atoms with E-state index in [1.54, 1.807) is 0 Å². The highest BCUT2D eigenvalue weighted by molar-refractivity contribution is 5.97. The highest BCUT2D eigenvalue weighted by Crippen LogP contribution is 2.43. The molecule has 2 aromatic rings. The molecule has 0 aromatic heterocycles. The number of nitrogens with zero attached hydrogens (tertiary/aromatic N) is 2. The molecule has 0 bridgehead atoms. The Balaban J connectivity index is 0.00000153. The summed E-state index contributed by atoms with van der Waals surface area (Å²) < 4.78 is 0. The van der Waals surface area contributed by atoms with Crippen LogP contribution in [0.1, 0.15) is 43.2 Å². The second-order valence-corrected chi connectivity index (χ2v) is 9.25. The van der Waals surface area contributed by atoms with Gasteiger partial charge in [-0.1, -0.05) is 54.6 Å². The normalized spacial score (nSPS) is 20.7. The third kappa shape index (κ3) is 5.46. The van der Waals surface area contributed by atoms with Gasteiger partial charge in [0.15, 0.2) is 0 Å². The molecule has 1 atom stereocenters. The second kappa shape index (κ2) is 11.5. The minimum atomic E-state index is -0.0238. The molecule has 0 unspecified atom stereocenters. The van der Waals surface area contributed by atoms with Crippen LogP contribution in [0.3, 0.4) is 0 Å². The standard InChI is InChI=1S/C27H33N3O.2ClH/c31-26(25-12-6-17-28-25)30(23-9-2-1-3-10-23)19-7-18-29-20-15-27(16-21-29)14-13-22-8-4-5-11-24(22)27;;/h1-5,8-11,13-14,25,28H,6-7,12,15-21H2;2*1H/t25-;;/m0../s1. The van der Waals surface area contributed by atoms with E-state index < -0.39 is 0 Å². The highest BCUT2D eigenvalue weighted by Gasteiger charge is 2.37. The SMILES string of the molecule is Cl.Cl.O=C([C@@H]1CCCN1)N(CCCN1CCC2(C=Cc3ccccc32)CC1)c1ccccc1. The fraction of sp³-hybridized carbons (Fsp3) is 0.444. The quantitative estimate of drug-likeness (QED) is 0.617. The van der Waals surface area contributed by atoms with E-state index in [0.29, 0.717) is 0 Å². The maximum Gasteiger partial charge on any atom is 0.244 e. The van der Waals surface area contributed by atoms with Gasteiger partial charge in [-0.2, -0.15) is 0 Å². The van der Waals surface area contributed by atoms with Gasteiger partial charge in [0.25, 0.3) is 0 Å². The highest BCUT2D eigenvalue weighted by atomic mass is 35.5. The van der Waals surface area contributed by atoms with Crippen molar-refractivity contribution < 1.29 is 4.79 Å². The molecule has 2 aliphatic heterocycles. The Morgan fingerprint density at radius 3 is 2.48 bits per heavy atom. The largest absolute Gasteiger partial charge is 0.311 e. The summed E-state index contributed by atoms with van der Waals surface area (Å²) >= 11 is 0. The molecule has 33 heavy (non-hydrogen) atoms. The van der Waals surface area contributed by atoms with Crippen molar-refractivity contribution >= 4 is 42.5 Å². The van der Waals surface area contributed by atoms with Crippen molar-refractivity contribution in [2.45, 2.75) is 43.6 Å². The number of piperidine rings is 1. The minimum Gasteiger partial charge on any atom is -0.311 e. The number of para-hydroxylation sites is 1. The van der Waals surface area contributed by atoms with Gasteiger partial charge in [0, 0.05) is 17.6 Å². The number of amides is 1. The lowest BCUT2D eigenvalue weighted by Gasteiger charge is -2.39. The van der Waals surface area contributed by atoms with Crippen LogP contribution in [0.15, 0.2) is 60.7 Å². The lowest BCUT2D eigenvalue weighted by molar-refractivity contribution is -0.120. The summed E-state index contributed by atoms with van der Waals surface area (Å²) in [6.45, 7) is 5.04. The van der Waals surface area contributed by atoms with Crippen LogP contribution in [-0.4, -0.2) is 49.6 Å². The number of hydrogen-bond donors (Lipinski definition) is 1. The van der Waals surface area contributed by atoms with Crippen molar-refractivity contribution in [3.05, 3.63) is 71.8 Å². The zero-order chi connectivity index (χ0) is 21.1. The number of likely N-dealkylation sites (tertiary alicyclic amines) is 1.